The number of benzene rings is 1. The number of anilines is 1. The maximum absolute atomic E-state index is 13.0. The number of hydrogen-bond donors (Lipinski definition) is 2. The largest absolute Gasteiger partial charge is 0.327 e. The topological polar surface area (TPSA) is 55.1 Å². The fourth-order valence-electron chi connectivity index (χ4n) is 1.21. The van der Waals surface area contributed by atoms with Gasteiger partial charge in [0.2, 0.25) is 5.91 Å². The summed E-state index contributed by atoms with van der Waals surface area (Å²) < 4.78 is 13.0. The second kappa shape index (κ2) is 5.07. The van der Waals surface area contributed by atoms with Crippen LogP contribution in [0.5, 0.6) is 0 Å². The van der Waals surface area contributed by atoms with Crippen LogP contribution in [0.3, 0.4) is 0 Å². The fraction of sp³-hybridized carbons (Fsp3) is 0.417. The van der Waals surface area contributed by atoms with Gasteiger partial charge in [0.1, 0.15) is 5.82 Å². The molecule has 0 saturated heterocycles. The van der Waals surface area contributed by atoms with Crippen LogP contribution in [-0.4, -0.2) is 11.9 Å². The monoisotopic (exact) mass is 224 g/mol. The zero-order valence-corrected chi connectivity index (χ0v) is 9.75. The van der Waals surface area contributed by atoms with Crippen LogP contribution in [0.25, 0.3) is 0 Å². The first-order chi connectivity index (χ1) is 7.41. The van der Waals surface area contributed by atoms with Gasteiger partial charge in [0.05, 0.1) is 5.92 Å². The third-order valence-electron chi connectivity index (χ3n) is 2.66. The van der Waals surface area contributed by atoms with Crippen molar-refractivity contribution in [2.45, 2.75) is 26.8 Å². The summed E-state index contributed by atoms with van der Waals surface area (Å²) in [4.78, 5) is 11.7. The molecule has 0 aliphatic heterocycles. The van der Waals surface area contributed by atoms with E-state index in [9.17, 15) is 9.18 Å². The SMILES string of the molecule is Cc1ccc(F)cc1NC(=O)C(C)C(C)N. The predicted molar refractivity (Wildman–Crippen MR) is 62.6 cm³/mol. The van der Waals surface area contributed by atoms with Crippen molar-refractivity contribution in [2.24, 2.45) is 11.7 Å². The van der Waals surface area contributed by atoms with Gasteiger partial charge >= 0.3 is 0 Å². The summed E-state index contributed by atoms with van der Waals surface area (Å²) in [6.07, 6.45) is 0. The maximum Gasteiger partial charge on any atom is 0.228 e. The van der Waals surface area contributed by atoms with Crippen molar-refractivity contribution in [2.75, 3.05) is 5.32 Å². The van der Waals surface area contributed by atoms with Crippen molar-refractivity contribution >= 4 is 11.6 Å². The molecule has 3 N–H and O–H groups in total. The zero-order valence-electron chi connectivity index (χ0n) is 9.75. The van der Waals surface area contributed by atoms with Crippen LogP contribution >= 0.6 is 0 Å². The van der Waals surface area contributed by atoms with Crippen LogP contribution in [0.1, 0.15) is 19.4 Å². The second-order valence-corrected chi connectivity index (χ2v) is 4.10. The van der Waals surface area contributed by atoms with E-state index in [2.05, 4.69) is 5.32 Å². The number of nitrogens with one attached hydrogen (secondary N) is 1. The van der Waals surface area contributed by atoms with Crippen LogP contribution in [0.2, 0.25) is 0 Å². The number of carbonyl (C=O) groups excluding carboxylic acids is 1. The van der Waals surface area contributed by atoms with Gasteiger partial charge in [0.15, 0.2) is 0 Å². The van der Waals surface area contributed by atoms with Crippen molar-refractivity contribution in [3.63, 3.8) is 0 Å². The van der Waals surface area contributed by atoms with E-state index >= 15 is 0 Å². The molecule has 1 amide bonds. The molecule has 0 heterocycles. The van der Waals surface area contributed by atoms with Crippen molar-refractivity contribution < 1.29 is 9.18 Å². The van der Waals surface area contributed by atoms with E-state index in [1.165, 1.54) is 12.1 Å². The summed E-state index contributed by atoms with van der Waals surface area (Å²) in [5.41, 5.74) is 6.95. The lowest BCUT2D eigenvalue weighted by atomic mass is 10.0. The third-order valence-corrected chi connectivity index (χ3v) is 2.66. The van der Waals surface area contributed by atoms with E-state index in [0.717, 1.165) is 5.56 Å². The predicted octanol–water partition coefficient (Wildman–Crippen LogP) is 2.06. The van der Waals surface area contributed by atoms with Gasteiger partial charge in [-0.2, -0.15) is 0 Å². The lowest BCUT2D eigenvalue weighted by molar-refractivity contribution is -0.119. The van der Waals surface area contributed by atoms with Gasteiger partial charge in [-0.3, -0.25) is 4.79 Å². The summed E-state index contributed by atoms with van der Waals surface area (Å²) in [6.45, 7) is 5.32. The molecule has 0 saturated carbocycles. The molecule has 0 fully saturated rings. The smallest absolute Gasteiger partial charge is 0.228 e. The number of rotatable bonds is 3. The minimum atomic E-state index is -0.366. The molecule has 88 valence electrons. The normalized spacial score (nSPS) is 14.3. The molecule has 0 radical (unpaired) electrons. The molecular weight excluding hydrogens is 207 g/mol. The second-order valence-electron chi connectivity index (χ2n) is 4.10. The van der Waals surface area contributed by atoms with E-state index < -0.39 is 0 Å². The fourth-order valence-corrected chi connectivity index (χ4v) is 1.21. The highest BCUT2D eigenvalue weighted by Crippen LogP contribution is 2.17. The van der Waals surface area contributed by atoms with Gasteiger partial charge in [0, 0.05) is 11.7 Å². The Morgan fingerprint density at radius 2 is 2.06 bits per heavy atom. The van der Waals surface area contributed by atoms with Gasteiger partial charge in [-0.05, 0) is 31.5 Å². The van der Waals surface area contributed by atoms with E-state index in [1.54, 1.807) is 19.9 Å². The van der Waals surface area contributed by atoms with E-state index in [1.807, 2.05) is 6.92 Å². The number of nitrogens with two attached hydrogens (primary N) is 1. The number of carbonyl (C=O) groups is 1. The highest BCUT2D eigenvalue weighted by Gasteiger charge is 2.17. The van der Waals surface area contributed by atoms with Crippen LogP contribution in [0, 0.1) is 18.7 Å². The lowest BCUT2D eigenvalue weighted by Crippen LogP contribution is -2.34. The molecule has 0 bridgehead atoms. The minimum absolute atomic E-state index is 0.191. The van der Waals surface area contributed by atoms with E-state index in [-0.39, 0.29) is 23.7 Å². The molecule has 4 heteroatoms. The van der Waals surface area contributed by atoms with Crippen LogP contribution in [-0.2, 0) is 4.79 Å². The quantitative estimate of drug-likeness (QED) is 0.825. The first-order valence-corrected chi connectivity index (χ1v) is 5.24. The number of aryl methyl sites for hydroxylation is 1. The van der Waals surface area contributed by atoms with Crippen molar-refractivity contribution in [1.29, 1.82) is 0 Å². The molecule has 2 unspecified atom stereocenters. The van der Waals surface area contributed by atoms with Crippen molar-refractivity contribution in [1.82, 2.24) is 0 Å². The molecule has 0 spiro atoms. The molecule has 2 atom stereocenters. The molecule has 0 aliphatic carbocycles. The number of halogens is 1. The molecule has 0 aromatic heterocycles. The molecule has 1 aromatic rings. The Morgan fingerprint density at radius 1 is 1.44 bits per heavy atom. The van der Waals surface area contributed by atoms with E-state index in [4.69, 9.17) is 5.73 Å². The molecule has 1 aromatic carbocycles. The molecule has 1 rings (SSSR count). The average molecular weight is 224 g/mol. The summed E-state index contributed by atoms with van der Waals surface area (Å²) in [7, 11) is 0. The Morgan fingerprint density at radius 3 is 2.62 bits per heavy atom. The first-order valence-electron chi connectivity index (χ1n) is 5.24. The zero-order chi connectivity index (χ0) is 12.3. The molecule has 0 aliphatic rings. The third kappa shape index (κ3) is 3.03. The van der Waals surface area contributed by atoms with Gasteiger partial charge in [0.25, 0.3) is 0 Å². The van der Waals surface area contributed by atoms with Gasteiger partial charge < -0.3 is 11.1 Å². The molecule has 3 nitrogen and oxygen atoms in total. The summed E-state index contributed by atoms with van der Waals surface area (Å²) >= 11 is 0. The lowest BCUT2D eigenvalue weighted by Gasteiger charge is -2.16. The average Bonchev–Trinajstić information content (AvgIpc) is 2.22. The number of hydrogen-bond acceptors (Lipinski definition) is 2. The van der Waals surface area contributed by atoms with Crippen LogP contribution in [0.15, 0.2) is 18.2 Å². The van der Waals surface area contributed by atoms with Crippen molar-refractivity contribution in [3.05, 3.63) is 29.6 Å². The maximum atomic E-state index is 13.0. The highest BCUT2D eigenvalue weighted by atomic mass is 19.1. The minimum Gasteiger partial charge on any atom is -0.327 e. The van der Waals surface area contributed by atoms with Crippen LogP contribution < -0.4 is 11.1 Å². The summed E-state index contributed by atoms with van der Waals surface area (Å²) in [5, 5.41) is 2.67. The summed E-state index contributed by atoms with van der Waals surface area (Å²) in [5.74, 6) is -0.860. The molecular formula is C12H17FN2O. The van der Waals surface area contributed by atoms with Gasteiger partial charge in [-0.25, -0.2) is 4.39 Å². The number of amides is 1. The van der Waals surface area contributed by atoms with Crippen LogP contribution in [0.4, 0.5) is 10.1 Å². The highest BCUT2D eigenvalue weighted by molar-refractivity contribution is 5.93. The Bertz CT molecular complexity index is 391. The standard InChI is InChI=1S/C12H17FN2O/c1-7-4-5-10(13)6-11(7)15-12(16)8(2)9(3)14/h4-6,8-9H,14H2,1-3H3,(H,15,16). The Balaban J connectivity index is 2.80. The van der Waals surface area contributed by atoms with Gasteiger partial charge in [-0.1, -0.05) is 13.0 Å². The Labute approximate surface area is 94.8 Å². The molecule has 16 heavy (non-hydrogen) atoms. The van der Waals surface area contributed by atoms with Crippen molar-refractivity contribution in [3.8, 4) is 0 Å². The van der Waals surface area contributed by atoms with E-state index in [0.29, 0.717) is 5.69 Å². The van der Waals surface area contributed by atoms with Gasteiger partial charge in [-0.15, -0.1) is 0 Å². The summed E-state index contributed by atoms with van der Waals surface area (Å²) in [6, 6.07) is 4.07. The Hall–Kier alpha value is -1.42. The Kier molecular flexibility index (Phi) is 4.01. The first kappa shape index (κ1) is 12.6.